The van der Waals surface area contributed by atoms with Crippen LogP contribution >= 0.6 is 11.6 Å². The third-order valence-corrected chi connectivity index (χ3v) is 4.09. The smallest absolute Gasteiger partial charge is 0.241 e. The number of piperidine rings is 1. The van der Waals surface area contributed by atoms with Gasteiger partial charge < -0.3 is 4.43 Å². The number of nitrogens with zero attached hydrogens (tertiary/aromatic N) is 1. The van der Waals surface area contributed by atoms with Gasteiger partial charge in [0.2, 0.25) is 8.32 Å². The second kappa shape index (κ2) is 6.08. The summed E-state index contributed by atoms with van der Waals surface area (Å²) in [4.78, 5) is 2.44. The minimum Gasteiger partial charge on any atom is -0.549 e. The minimum atomic E-state index is -1.49. The summed E-state index contributed by atoms with van der Waals surface area (Å²) < 4.78 is 5.72. The lowest BCUT2D eigenvalue weighted by Gasteiger charge is -2.32. The fourth-order valence-electron chi connectivity index (χ4n) is 1.81. The molecule has 1 fully saturated rings. The molecule has 0 aliphatic carbocycles. The molecule has 1 saturated heterocycles. The average Bonchev–Trinajstić information content (AvgIpc) is 2.25. The van der Waals surface area contributed by atoms with E-state index in [-0.39, 0.29) is 0 Å². The number of hydrogen-bond donors (Lipinski definition) is 0. The summed E-state index contributed by atoms with van der Waals surface area (Å²) in [5, 5.41) is 0.837. The van der Waals surface area contributed by atoms with Crippen molar-refractivity contribution in [2.24, 2.45) is 0 Å². The zero-order valence-corrected chi connectivity index (χ0v) is 12.7. The van der Waals surface area contributed by atoms with Crippen LogP contribution in [0.2, 0.25) is 19.6 Å². The summed E-state index contributed by atoms with van der Waals surface area (Å²) in [5.74, 6) is 0. The minimum absolute atomic E-state index is 0.304. The third kappa shape index (κ3) is 4.89. The first-order valence-electron chi connectivity index (χ1n) is 6.17. The molecule has 4 heteroatoms. The summed E-state index contributed by atoms with van der Waals surface area (Å²) in [6.07, 6.45) is 5.72. The molecule has 0 bridgehead atoms. The molecule has 0 saturated carbocycles. The molecule has 0 aromatic carbocycles. The van der Waals surface area contributed by atoms with Gasteiger partial charge in [0.05, 0.1) is 11.3 Å². The Kier molecular flexibility index (Phi) is 5.35. The number of halogens is 1. The van der Waals surface area contributed by atoms with Crippen molar-refractivity contribution in [2.75, 3.05) is 13.1 Å². The van der Waals surface area contributed by atoms with Gasteiger partial charge in [0.15, 0.2) is 0 Å². The molecule has 16 heavy (non-hydrogen) atoms. The first kappa shape index (κ1) is 14.1. The van der Waals surface area contributed by atoms with Gasteiger partial charge in [0, 0.05) is 6.04 Å². The third-order valence-electron chi connectivity index (χ3n) is 2.86. The predicted molar refractivity (Wildman–Crippen MR) is 73.3 cm³/mol. The summed E-state index contributed by atoms with van der Waals surface area (Å²) in [7, 11) is -1.49. The zero-order chi connectivity index (χ0) is 12.2. The van der Waals surface area contributed by atoms with Crippen molar-refractivity contribution in [3.05, 3.63) is 11.3 Å². The molecule has 0 spiro atoms. The van der Waals surface area contributed by atoms with E-state index >= 15 is 0 Å². The number of hydrogen-bond acceptors (Lipinski definition) is 2. The van der Waals surface area contributed by atoms with Crippen LogP contribution in [0.25, 0.3) is 0 Å². The Morgan fingerprint density at radius 1 is 1.25 bits per heavy atom. The molecule has 94 valence electrons. The summed E-state index contributed by atoms with van der Waals surface area (Å²) >= 11 is 6.29. The Morgan fingerprint density at radius 3 is 2.31 bits per heavy atom. The van der Waals surface area contributed by atoms with Crippen LogP contribution in [0.4, 0.5) is 0 Å². The zero-order valence-electron chi connectivity index (χ0n) is 10.9. The van der Waals surface area contributed by atoms with E-state index in [1.54, 1.807) is 6.26 Å². The van der Waals surface area contributed by atoms with E-state index in [0.717, 1.165) is 18.1 Å². The summed E-state index contributed by atoms with van der Waals surface area (Å²) in [6, 6.07) is 0.304. The lowest BCUT2D eigenvalue weighted by molar-refractivity contribution is 0.197. The number of rotatable bonds is 4. The van der Waals surface area contributed by atoms with E-state index in [2.05, 4.69) is 31.5 Å². The SMILES string of the molecule is C[C@H](/C(Cl)=C/O[Si](C)(C)C)N1CCCCC1. The summed E-state index contributed by atoms with van der Waals surface area (Å²) in [6.45, 7) is 11.0. The molecule has 1 aliphatic heterocycles. The van der Waals surface area contributed by atoms with Crippen LogP contribution in [0.5, 0.6) is 0 Å². The second-order valence-electron chi connectivity index (χ2n) is 5.51. The topological polar surface area (TPSA) is 12.5 Å². The molecular weight excluding hydrogens is 238 g/mol. The molecule has 0 unspecified atom stereocenters. The Labute approximate surface area is 106 Å². The number of likely N-dealkylation sites (tertiary alicyclic amines) is 1. The van der Waals surface area contributed by atoms with Crippen LogP contribution < -0.4 is 0 Å². The van der Waals surface area contributed by atoms with Gasteiger partial charge in [-0.3, -0.25) is 4.90 Å². The second-order valence-corrected chi connectivity index (χ2v) is 10.4. The monoisotopic (exact) mass is 261 g/mol. The maximum atomic E-state index is 6.29. The van der Waals surface area contributed by atoms with E-state index in [1.807, 2.05) is 0 Å². The van der Waals surface area contributed by atoms with E-state index in [1.165, 1.54) is 19.3 Å². The first-order valence-corrected chi connectivity index (χ1v) is 9.96. The van der Waals surface area contributed by atoms with Gasteiger partial charge in [0.1, 0.15) is 0 Å². The van der Waals surface area contributed by atoms with Gasteiger partial charge >= 0.3 is 0 Å². The van der Waals surface area contributed by atoms with Crippen molar-refractivity contribution >= 4 is 19.9 Å². The summed E-state index contributed by atoms with van der Waals surface area (Å²) in [5.41, 5.74) is 0. The van der Waals surface area contributed by atoms with Gasteiger partial charge in [-0.15, -0.1) is 0 Å². The van der Waals surface area contributed by atoms with E-state index in [4.69, 9.17) is 16.0 Å². The normalized spacial score (nSPS) is 21.9. The quantitative estimate of drug-likeness (QED) is 0.564. The van der Waals surface area contributed by atoms with Crippen LogP contribution in [-0.4, -0.2) is 32.3 Å². The maximum absolute atomic E-state index is 6.29. The molecular formula is C12H24ClNOSi. The lowest BCUT2D eigenvalue weighted by Crippen LogP contribution is -2.37. The maximum Gasteiger partial charge on any atom is 0.241 e. The van der Waals surface area contributed by atoms with Crippen molar-refractivity contribution < 1.29 is 4.43 Å². The van der Waals surface area contributed by atoms with Gasteiger partial charge in [-0.25, -0.2) is 0 Å². The molecule has 1 atom stereocenters. The Bertz CT molecular complexity index is 244. The highest BCUT2D eigenvalue weighted by Gasteiger charge is 2.20. The molecule has 1 rings (SSSR count). The van der Waals surface area contributed by atoms with Crippen LogP contribution in [0.1, 0.15) is 26.2 Å². The average molecular weight is 262 g/mol. The van der Waals surface area contributed by atoms with Crippen molar-refractivity contribution in [3.8, 4) is 0 Å². The molecule has 1 aliphatic rings. The van der Waals surface area contributed by atoms with Crippen LogP contribution in [0.3, 0.4) is 0 Å². The van der Waals surface area contributed by atoms with Crippen molar-refractivity contribution in [3.63, 3.8) is 0 Å². The highest BCUT2D eigenvalue weighted by atomic mass is 35.5. The van der Waals surface area contributed by atoms with Crippen LogP contribution in [0, 0.1) is 0 Å². The van der Waals surface area contributed by atoms with E-state index in [9.17, 15) is 0 Å². The molecule has 0 N–H and O–H groups in total. The Hall–Kier alpha value is 0.00688. The molecule has 0 aromatic heterocycles. The van der Waals surface area contributed by atoms with Crippen molar-refractivity contribution in [1.82, 2.24) is 4.90 Å². The van der Waals surface area contributed by atoms with E-state index in [0.29, 0.717) is 6.04 Å². The largest absolute Gasteiger partial charge is 0.549 e. The Balaban J connectivity index is 2.48. The van der Waals surface area contributed by atoms with Crippen molar-refractivity contribution in [2.45, 2.75) is 51.9 Å². The molecule has 2 nitrogen and oxygen atoms in total. The Morgan fingerprint density at radius 2 is 1.81 bits per heavy atom. The predicted octanol–water partition coefficient (Wildman–Crippen LogP) is 3.79. The van der Waals surface area contributed by atoms with Crippen LogP contribution in [-0.2, 0) is 4.43 Å². The first-order chi connectivity index (χ1) is 7.40. The fourth-order valence-corrected chi connectivity index (χ4v) is 2.55. The van der Waals surface area contributed by atoms with E-state index < -0.39 is 8.32 Å². The van der Waals surface area contributed by atoms with Crippen LogP contribution in [0.15, 0.2) is 11.3 Å². The molecule has 1 heterocycles. The highest BCUT2D eigenvalue weighted by molar-refractivity contribution is 6.69. The van der Waals surface area contributed by atoms with Gasteiger partial charge in [-0.05, 0) is 52.5 Å². The fraction of sp³-hybridized carbons (Fsp3) is 0.833. The molecule has 0 aromatic rings. The highest BCUT2D eigenvalue weighted by Crippen LogP contribution is 2.20. The molecule has 0 amide bonds. The molecule has 0 radical (unpaired) electrons. The van der Waals surface area contributed by atoms with Gasteiger partial charge in [0.25, 0.3) is 0 Å². The lowest BCUT2D eigenvalue weighted by atomic mass is 10.1. The van der Waals surface area contributed by atoms with Gasteiger partial charge in [-0.1, -0.05) is 18.0 Å². The van der Waals surface area contributed by atoms with Gasteiger partial charge in [-0.2, -0.15) is 0 Å². The van der Waals surface area contributed by atoms with Crippen molar-refractivity contribution in [1.29, 1.82) is 0 Å². The standard InChI is InChI=1S/C12H24ClNOSi/c1-11(14-8-6-5-7-9-14)12(13)10-15-16(2,3)4/h10-11H,5-9H2,1-4H3/b12-10-/t11-/m1/s1.